The molecule has 2 aliphatic heterocycles. The molecule has 1 saturated heterocycles. The molecular weight excluding hydrogens is 543 g/mol. The fraction of sp³-hybridized carbons (Fsp3) is 0.607. The third-order valence-electron chi connectivity index (χ3n) is 8.37. The van der Waals surface area contributed by atoms with Crippen LogP contribution in [0.3, 0.4) is 0 Å². The molecule has 3 fully saturated rings. The van der Waals surface area contributed by atoms with Crippen LogP contribution in [0.5, 0.6) is 5.75 Å². The highest BCUT2D eigenvalue weighted by Gasteiger charge is 2.56. The number of nitriles is 1. The van der Waals surface area contributed by atoms with Crippen LogP contribution in [0, 0.1) is 23.2 Å². The zero-order valence-electron chi connectivity index (χ0n) is 22.6. The second-order valence-corrected chi connectivity index (χ2v) is 11.5. The summed E-state index contributed by atoms with van der Waals surface area (Å²) < 4.78 is 45.3. The van der Waals surface area contributed by atoms with Crippen LogP contribution in [0.25, 0.3) is 0 Å². The quantitative estimate of drug-likeness (QED) is 0.488. The molecule has 4 amide bonds. The third-order valence-corrected chi connectivity index (χ3v) is 8.37. The number of alkyl halides is 3. The third kappa shape index (κ3) is 6.11. The van der Waals surface area contributed by atoms with Gasteiger partial charge in [0.05, 0.1) is 12.6 Å². The van der Waals surface area contributed by atoms with Gasteiger partial charge in [-0.3, -0.25) is 19.2 Å². The lowest BCUT2D eigenvalue weighted by molar-refractivity contribution is -0.175. The number of para-hydroxylation sites is 1. The molecule has 2 N–H and O–H groups in total. The summed E-state index contributed by atoms with van der Waals surface area (Å²) in [5.41, 5.74) is -0.777. The Morgan fingerprint density at radius 2 is 1.85 bits per heavy atom. The van der Waals surface area contributed by atoms with Gasteiger partial charge >= 0.3 is 12.1 Å². The molecular formula is C28H32F3N5O5. The van der Waals surface area contributed by atoms with Gasteiger partial charge < -0.3 is 25.2 Å². The Bertz CT molecular complexity index is 1270. The minimum absolute atomic E-state index is 0.0126. The van der Waals surface area contributed by atoms with E-state index in [1.807, 2.05) is 5.32 Å². The lowest BCUT2D eigenvalue weighted by atomic mass is 9.99. The molecule has 0 bridgehead atoms. The Balaban J connectivity index is 1.39. The largest absolute Gasteiger partial charge is 0.475 e. The number of carbonyl (C=O) groups excluding carboxylic acids is 4. The van der Waals surface area contributed by atoms with Gasteiger partial charge in [-0.25, -0.2) is 0 Å². The Kier molecular flexibility index (Phi) is 7.61. The number of carbonyl (C=O) groups is 4. The maximum Gasteiger partial charge on any atom is 0.471 e. The summed E-state index contributed by atoms with van der Waals surface area (Å²) in [6.07, 6.45) is -1.82. The number of amides is 4. The fourth-order valence-corrected chi connectivity index (χ4v) is 5.63. The van der Waals surface area contributed by atoms with Gasteiger partial charge in [-0.15, -0.1) is 0 Å². The van der Waals surface area contributed by atoms with Gasteiger partial charge in [-0.05, 0) is 30.7 Å². The summed E-state index contributed by atoms with van der Waals surface area (Å²) in [5, 5.41) is 14.6. The standard InChI is InChI=1S/C28H32F3N5O5/c1-35(23(37)20(10-16-6-7-16)34-26(40)28(29,30)31)21(11-17-8-9-17)24(38)36-15-27(12-19(36)13-32)25(39)33-14-18-4-2-3-5-22(18)41-27/h2-5,16-17,19-21H,6-12,14-15H2,1H3,(H,33,39)(H,34,40). The van der Waals surface area contributed by atoms with Crippen molar-refractivity contribution in [1.82, 2.24) is 20.4 Å². The van der Waals surface area contributed by atoms with Crippen molar-refractivity contribution >= 4 is 23.6 Å². The van der Waals surface area contributed by atoms with E-state index in [0.717, 1.165) is 36.1 Å². The maximum atomic E-state index is 14.1. The molecule has 0 radical (unpaired) electrons. The van der Waals surface area contributed by atoms with E-state index in [4.69, 9.17) is 4.74 Å². The highest BCUT2D eigenvalue weighted by molar-refractivity contribution is 5.94. The van der Waals surface area contributed by atoms with Crippen molar-refractivity contribution in [1.29, 1.82) is 5.26 Å². The lowest BCUT2D eigenvalue weighted by Crippen LogP contribution is -2.58. The molecule has 41 heavy (non-hydrogen) atoms. The van der Waals surface area contributed by atoms with Gasteiger partial charge in [-0.1, -0.05) is 43.9 Å². The lowest BCUT2D eigenvalue weighted by Gasteiger charge is -2.34. The number of likely N-dealkylation sites (N-methyl/N-ethyl adjacent to an activating group) is 1. The number of hydrogen-bond donors (Lipinski definition) is 2. The highest BCUT2D eigenvalue weighted by atomic mass is 19.4. The van der Waals surface area contributed by atoms with Crippen molar-refractivity contribution in [2.24, 2.45) is 11.8 Å². The summed E-state index contributed by atoms with van der Waals surface area (Å²) >= 11 is 0. The topological polar surface area (TPSA) is 132 Å². The number of nitrogens with one attached hydrogen (secondary N) is 2. The van der Waals surface area contributed by atoms with Crippen molar-refractivity contribution < 1.29 is 37.1 Å². The van der Waals surface area contributed by atoms with Crippen LogP contribution in [0.15, 0.2) is 24.3 Å². The normalized spacial score (nSPS) is 25.2. The van der Waals surface area contributed by atoms with Gasteiger partial charge in [0.25, 0.3) is 5.91 Å². The van der Waals surface area contributed by atoms with E-state index in [1.54, 1.807) is 24.3 Å². The van der Waals surface area contributed by atoms with Crippen LogP contribution >= 0.6 is 0 Å². The van der Waals surface area contributed by atoms with Crippen molar-refractivity contribution in [3.05, 3.63) is 29.8 Å². The number of nitrogens with zero attached hydrogens (tertiary/aromatic N) is 3. The van der Waals surface area contributed by atoms with E-state index in [2.05, 4.69) is 11.4 Å². The first-order chi connectivity index (χ1) is 19.4. The minimum atomic E-state index is -5.16. The molecule has 10 nitrogen and oxygen atoms in total. The molecule has 4 unspecified atom stereocenters. The summed E-state index contributed by atoms with van der Waals surface area (Å²) in [6, 6.07) is 5.58. The van der Waals surface area contributed by atoms with Crippen LogP contribution in [-0.2, 0) is 25.7 Å². The molecule has 1 aromatic rings. The van der Waals surface area contributed by atoms with E-state index in [0.29, 0.717) is 5.75 Å². The second-order valence-electron chi connectivity index (χ2n) is 11.5. The number of ether oxygens (including phenoxy) is 1. The van der Waals surface area contributed by atoms with E-state index < -0.39 is 53.5 Å². The number of fused-ring (bicyclic) bond motifs is 1. The summed E-state index contributed by atoms with van der Waals surface area (Å²) in [7, 11) is 1.34. The molecule has 2 heterocycles. The summed E-state index contributed by atoms with van der Waals surface area (Å²) in [6.45, 7) is -0.0146. The number of hydrogen-bond acceptors (Lipinski definition) is 6. The number of likely N-dealkylation sites (tertiary alicyclic amines) is 1. The zero-order chi connectivity index (χ0) is 29.5. The second kappa shape index (κ2) is 10.9. The first-order valence-electron chi connectivity index (χ1n) is 13.8. The zero-order valence-corrected chi connectivity index (χ0v) is 22.6. The Hall–Kier alpha value is -3.82. The first kappa shape index (κ1) is 28.7. The Morgan fingerprint density at radius 1 is 1.20 bits per heavy atom. The van der Waals surface area contributed by atoms with Gasteiger partial charge in [0.1, 0.15) is 23.9 Å². The molecule has 0 aromatic heterocycles. The smallest absolute Gasteiger partial charge is 0.471 e. The van der Waals surface area contributed by atoms with Gasteiger partial charge in [0, 0.05) is 25.6 Å². The van der Waals surface area contributed by atoms with Crippen LogP contribution in [0.4, 0.5) is 13.2 Å². The van der Waals surface area contributed by atoms with Gasteiger partial charge in [-0.2, -0.15) is 18.4 Å². The molecule has 5 rings (SSSR count). The Morgan fingerprint density at radius 3 is 2.49 bits per heavy atom. The molecule has 1 spiro atoms. The van der Waals surface area contributed by atoms with Gasteiger partial charge in [0.2, 0.25) is 17.4 Å². The predicted octanol–water partition coefficient (Wildman–Crippen LogP) is 2.03. The molecule has 220 valence electrons. The molecule has 2 aliphatic carbocycles. The van der Waals surface area contributed by atoms with Crippen molar-refractivity contribution in [3.8, 4) is 11.8 Å². The van der Waals surface area contributed by atoms with E-state index in [9.17, 15) is 37.6 Å². The SMILES string of the molecule is CN(C(=O)C(CC1CC1)NC(=O)C(F)(F)F)C(CC1CC1)C(=O)N1CC2(CC1C#N)Oc1ccccc1CNC2=O. The van der Waals surface area contributed by atoms with Crippen molar-refractivity contribution in [2.75, 3.05) is 13.6 Å². The van der Waals surface area contributed by atoms with E-state index in [-0.39, 0.29) is 44.2 Å². The molecule has 4 aliphatic rings. The monoisotopic (exact) mass is 575 g/mol. The van der Waals surface area contributed by atoms with Crippen LogP contribution < -0.4 is 15.4 Å². The summed E-state index contributed by atoms with van der Waals surface area (Å²) in [4.78, 5) is 54.9. The number of benzene rings is 1. The highest BCUT2D eigenvalue weighted by Crippen LogP contribution is 2.39. The van der Waals surface area contributed by atoms with Crippen molar-refractivity contribution in [3.63, 3.8) is 0 Å². The van der Waals surface area contributed by atoms with Crippen LogP contribution in [0.1, 0.15) is 50.5 Å². The summed E-state index contributed by atoms with van der Waals surface area (Å²) in [5.74, 6) is -3.46. The molecule has 4 atom stereocenters. The number of halogens is 3. The number of rotatable bonds is 8. The van der Waals surface area contributed by atoms with E-state index >= 15 is 0 Å². The minimum Gasteiger partial charge on any atom is -0.475 e. The Labute approximate surface area is 235 Å². The van der Waals surface area contributed by atoms with Crippen LogP contribution in [0.2, 0.25) is 0 Å². The maximum absolute atomic E-state index is 14.1. The molecule has 13 heteroatoms. The first-order valence-corrected chi connectivity index (χ1v) is 13.8. The predicted molar refractivity (Wildman–Crippen MR) is 137 cm³/mol. The molecule has 2 saturated carbocycles. The van der Waals surface area contributed by atoms with Crippen LogP contribution in [-0.4, -0.2) is 76.9 Å². The average molecular weight is 576 g/mol. The average Bonchev–Trinajstić information content (AvgIpc) is 3.87. The van der Waals surface area contributed by atoms with E-state index in [1.165, 1.54) is 11.9 Å². The van der Waals surface area contributed by atoms with Crippen molar-refractivity contribution in [2.45, 2.75) is 81.4 Å². The fourth-order valence-electron chi connectivity index (χ4n) is 5.63. The van der Waals surface area contributed by atoms with Gasteiger partial charge in [0.15, 0.2) is 0 Å². The molecule has 1 aromatic carbocycles.